The lowest BCUT2D eigenvalue weighted by Crippen LogP contribution is -2.64. The number of nitrogens with zero attached hydrogens (tertiary/aromatic N) is 5. The van der Waals surface area contributed by atoms with Gasteiger partial charge < -0.3 is 9.80 Å². The van der Waals surface area contributed by atoms with E-state index in [1.807, 2.05) is 18.9 Å². The van der Waals surface area contributed by atoms with E-state index in [4.69, 9.17) is 0 Å². The van der Waals surface area contributed by atoms with Crippen LogP contribution in [0, 0.1) is 12.7 Å². The maximum atomic E-state index is 13.7. The summed E-state index contributed by atoms with van der Waals surface area (Å²) in [6, 6.07) is 6.07. The summed E-state index contributed by atoms with van der Waals surface area (Å²) in [7, 11) is 1.90. The van der Waals surface area contributed by atoms with E-state index in [0.717, 1.165) is 12.1 Å². The number of hydrogen-bond donors (Lipinski definition) is 0. The maximum absolute atomic E-state index is 13.7. The molecule has 1 unspecified atom stereocenters. The number of aromatic nitrogens is 2. The summed E-state index contributed by atoms with van der Waals surface area (Å²) >= 11 is 0. The number of likely N-dealkylation sites (tertiary alicyclic amines) is 1. The van der Waals surface area contributed by atoms with Gasteiger partial charge in [-0.2, -0.15) is 0 Å². The predicted octanol–water partition coefficient (Wildman–Crippen LogP) is 1.49. The molecule has 1 aromatic heterocycles. The number of carbonyl (C=O) groups is 2. The Morgan fingerprint density at radius 1 is 1.21 bits per heavy atom. The van der Waals surface area contributed by atoms with Crippen LogP contribution in [-0.2, 0) is 4.79 Å². The van der Waals surface area contributed by atoms with Crippen molar-refractivity contribution in [2.24, 2.45) is 0 Å². The Labute approximate surface area is 162 Å². The fourth-order valence-corrected chi connectivity index (χ4v) is 3.97. The van der Waals surface area contributed by atoms with Crippen LogP contribution in [0.1, 0.15) is 22.6 Å². The summed E-state index contributed by atoms with van der Waals surface area (Å²) in [6.07, 6.45) is 3.81. The van der Waals surface area contributed by atoms with Gasteiger partial charge in [-0.1, -0.05) is 6.07 Å². The van der Waals surface area contributed by atoms with Crippen LogP contribution in [0.2, 0.25) is 0 Å². The van der Waals surface area contributed by atoms with Crippen LogP contribution in [-0.4, -0.2) is 70.3 Å². The summed E-state index contributed by atoms with van der Waals surface area (Å²) in [5.41, 5.74) is 1.25. The fourth-order valence-electron chi connectivity index (χ4n) is 3.97. The molecule has 0 aliphatic carbocycles. The molecule has 0 N–H and O–H groups in total. The highest BCUT2D eigenvalue weighted by Gasteiger charge is 2.48. The molecule has 0 bridgehead atoms. The van der Waals surface area contributed by atoms with E-state index in [0.29, 0.717) is 31.0 Å². The van der Waals surface area contributed by atoms with Gasteiger partial charge in [-0.05, 0) is 38.6 Å². The molecule has 28 heavy (non-hydrogen) atoms. The Hall–Kier alpha value is -2.87. The van der Waals surface area contributed by atoms with Crippen LogP contribution >= 0.6 is 0 Å². The normalized spacial score (nSPS) is 22.9. The molecule has 1 atom stereocenters. The first-order valence-corrected chi connectivity index (χ1v) is 9.23. The lowest BCUT2D eigenvalue weighted by atomic mass is 9.92. The molecule has 2 saturated heterocycles. The molecule has 2 aromatic rings. The highest BCUT2D eigenvalue weighted by atomic mass is 19.1. The molecular weight excluding hydrogens is 361 g/mol. The second-order valence-electron chi connectivity index (χ2n) is 7.56. The van der Waals surface area contributed by atoms with Crippen molar-refractivity contribution >= 4 is 17.5 Å². The number of piperazine rings is 1. The quantitative estimate of drug-likeness (QED) is 0.786. The molecule has 3 heterocycles. The van der Waals surface area contributed by atoms with E-state index in [2.05, 4.69) is 9.97 Å². The van der Waals surface area contributed by atoms with E-state index in [1.165, 1.54) is 18.3 Å². The molecule has 7 nitrogen and oxygen atoms in total. The summed E-state index contributed by atoms with van der Waals surface area (Å²) in [5, 5.41) is 0. The molecule has 4 rings (SSSR count). The SMILES string of the molecule is Cc1cnc(C(=O)N2CCC3(C2)CN(c2cccc(F)c2)C(=O)CN3C)cn1. The average Bonchev–Trinajstić information content (AvgIpc) is 3.10. The molecular formula is C20H22FN5O2. The minimum atomic E-state index is -0.376. The first kappa shape index (κ1) is 18.5. The molecule has 0 saturated carbocycles. The average molecular weight is 383 g/mol. The molecule has 2 aliphatic rings. The number of halogens is 1. The van der Waals surface area contributed by atoms with Crippen LogP contribution < -0.4 is 4.90 Å². The van der Waals surface area contributed by atoms with Gasteiger partial charge in [-0.15, -0.1) is 0 Å². The molecule has 8 heteroatoms. The lowest BCUT2D eigenvalue weighted by Gasteiger charge is -2.46. The number of benzene rings is 1. The lowest BCUT2D eigenvalue weighted by molar-refractivity contribution is -0.123. The fraction of sp³-hybridized carbons (Fsp3) is 0.400. The zero-order valence-electron chi connectivity index (χ0n) is 15.9. The predicted molar refractivity (Wildman–Crippen MR) is 101 cm³/mol. The first-order chi connectivity index (χ1) is 13.4. The molecule has 2 aliphatic heterocycles. The minimum absolute atomic E-state index is 0.0760. The van der Waals surface area contributed by atoms with Crippen molar-refractivity contribution in [3.05, 3.63) is 53.9 Å². The van der Waals surface area contributed by atoms with Gasteiger partial charge in [0.15, 0.2) is 0 Å². The topological polar surface area (TPSA) is 69.6 Å². The van der Waals surface area contributed by atoms with Crippen molar-refractivity contribution in [2.45, 2.75) is 18.9 Å². The number of rotatable bonds is 2. The van der Waals surface area contributed by atoms with Gasteiger partial charge in [0.05, 0.1) is 24.0 Å². The maximum Gasteiger partial charge on any atom is 0.274 e. The Kier molecular flexibility index (Phi) is 4.58. The number of aryl methyl sites for hydroxylation is 1. The third kappa shape index (κ3) is 3.24. The minimum Gasteiger partial charge on any atom is -0.335 e. The van der Waals surface area contributed by atoms with Crippen molar-refractivity contribution in [1.29, 1.82) is 0 Å². The monoisotopic (exact) mass is 383 g/mol. The highest BCUT2D eigenvalue weighted by Crippen LogP contribution is 2.34. The van der Waals surface area contributed by atoms with Gasteiger partial charge in [0.2, 0.25) is 5.91 Å². The van der Waals surface area contributed by atoms with Crippen molar-refractivity contribution < 1.29 is 14.0 Å². The van der Waals surface area contributed by atoms with Gasteiger partial charge in [-0.25, -0.2) is 9.37 Å². The number of anilines is 1. The van der Waals surface area contributed by atoms with Crippen LogP contribution in [0.15, 0.2) is 36.7 Å². The second kappa shape index (κ2) is 6.94. The second-order valence-corrected chi connectivity index (χ2v) is 7.56. The summed E-state index contributed by atoms with van der Waals surface area (Å²) < 4.78 is 13.7. The van der Waals surface area contributed by atoms with Crippen molar-refractivity contribution in [3.63, 3.8) is 0 Å². The van der Waals surface area contributed by atoms with Gasteiger partial charge in [0.25, 0.3) is 5.91 Å². The summed E-state index contributed by atoms with van der Waals surface area (Å²) in [5.74, 6) is -0.612. The largest absolute Gasteiger partial charge is 0.335 e. The Bertz CT molecular complexity index is 919. The summed E-state index contributed by atoms with van der Waals surface area (Å²) in [6.45, 7) is 3.51. The molecule has 1 aromatic carbocycles. The number of carbonyl (C=O) groups excluding carboxylic acids is 2. The molecule has 0 radical (unpaired) electrons. The molecule has 1 spiro atoms. The van der Waals surface area contributed by atoms with Crippen LogP contribution in [0.5, 0.6) is 0 Å². The van der Waals surface area contributed by atoms with Gasteiger partial charge in [-0.3, -0.25) is 19.5 Å². The Balaban J connectivity index is 1.56. The zero-order valence-corrected chi connectivity index (χ0v) is 15.9. The van der Waals surface area contributed by atoms with Crippen molar-refractivity contribution in [3.8, 4) is 0 Å². The smallest absolute Gasteiger partial charge is 0.274 e. The van der Waals surface area contributed by atoms with E-state index in [-0.39, 0.29) is 29.7 Å². The third-order valence-electron chi connectivity index (χ3n) is 5.68. The van der Waals surface area contributed by atoms with Gasteiger partial charge in [0, 0.05) is 31.5 Å². The summed E-state index contributed by atoms with van der Waals surface area (Å²) in [4.78, 5) is 39.2. The van der Waals surface area contributed by atoms with Crippen molar-refractivity contribution in [2.75, 3.05) is 38.1 Å². The standard InChI is InChI=1S/C20H22FN5O2/c1-14-9-23-17(10-22-14)19(28)25-7-6-20(12-25)13-26(18(27)11-24(20)2)16-5-3-4-15(21)8-16/h3-5,8-10H,6-7,11-13H2,1-2H3. The Morgan fingerprint density at radius 2 is 2.04 bits per heavy atom. The van der Waals surface area contributed by atoms with Crippen molar-refractivity contribution in [1.82, 2.24) is 19.8 Å². The van der Waals surface area contributed by atoms with Crippen LogP contribution in [0.3, 0.4) is 0 Å². The molecule has 2 amide bonds. The number of amides is 2. The number of likely N-dealkylation sites (N-methyl/N-ethyl adjacent to an activating group) is 1. The first-order valence-electron chi connectivity index (χ1n) is 9.23. The highest BCUT2D eigenvalue weighted by molar-refractivity contribution is 5.96. The van der Waals surface area contributed by atoms with Crippen LogP contribution in [0.4, 0.5) is 10.1 Å². The number of hydrogen-bond acceptors (Lipinski definition) is 5. The van der Waals surface area contributed by atoms with Gasteiger partial charge >= 0.3 is 0 Å². The zero-order chi connectivity index (χ0) is 19.9. The Morgan fingerprint density at radius 3 is 2.75 bits per heavy atom. The van der Waals surface area contributed by atoms with E-state index >= 15 is 0 Å². The van der Waals surface area contributed by atoms with E-state index in [1.54, 1.807) is 28.1 Å². The van der Waals surface area contributed by atoms with Gasteiger partial charge in [0.1, 0.15) is 11.5 Å². The van der Waals surface area contributed by atoms with Crippen LogP contribution in [0.25, 0.3) is 0 Å². The molecule has 2 fully saturated rings. The third-order valence-corrected chi connectivity index (χ3v) is 5.68. The van der Waals surface area contributed by atoms with E-state index < -0.39 is 0 Å². The molecule has 146 valence electrons. The van der Waals surface area contributed by atoms with E-state index in [9.17, 15) is 14.0 Å².